The van der Waals surface area contributed by atoms with Crippen LogP contribution in [0.1, 0.15) is 0 Å². The van der Waals surface area contributed by atoms with Crippen molar-refractivity contribution < 1.29 is 4.79 Å². The third kappa shape index (κ3) is 3.58. The van der Waals surface area contributed by atoms with E-state index in [-0.39, 0.29) is 5.91 Å². The van der Waals surface area contributed by atoms with Crippen molar-refractivity contribution in [2.24, 2.45) is 0 Å². The monoisotopic (exact) mass is 327 g/mol. The lowest BCUT2D eigenvalue weighted by molar-refractivity contribution is -0.117. The number of carbonyl (C=O) groups is 1. The Bertz CT molecular complexity index is 657. The highest BCUT2D eigenvalue weighted by Crippen LogP contribution is 2.47. The molecule has 2 aromatic carbocycles. The van der Waals surface area contributed by atoms with E-state index in [2.05, 4.69) is 22.3 Å². The summed E-state index contributed by atoms with van der Waals surface area (Å²) in [4.78, 5) is 19.0. The Kier molecular flexibility index (Phi) is 5.00. The number of nitrogens with one attached hydrogen (secondary N) is 1. The number of anilines is 2. The van der Waals surface area contributed by atoms with Gasteiger partial charge < -0.3 is 10.2 Å². The number of hydrogen-bond donors (Lipinski definition) is 1. The van der Waals surface area contributed by atoms with Crippen molar-refractivity contribution in [1.82, 2.24) is 10.2 Å². The number of hydrogen-bond acceptors (Lipinski definition) is 4. The molecule has 0 saturated heterocycles. The summed E-state index contributed by atoms with van der Waals surface area (Å²) in [5.74, 6) is 0.0731. The number of rotatable bonds is 5. The Balaban J connectivity index is 1.82. The zero-order chi connectivity index (χ0) is 16.2. The summed E-state index contributed by atoms with van der Waals surface area (Å²) in [5, 5.41) is 3.24. The van der Waals surface area contributed by atoms with E-state index in [0.29, 0.717) is 6.54 Å². The molecule has 0 aromatic heterocycles. The van der Waals surface area contributed by atoms with Gasteiger partial charge in [0.05, 0.1) is 17.9 Å². The van der Waals surface area contributed by atoms with Crippen molar-refractivity contribution in [3.63, 3.8) is 0 Å². The van der Waals surface area contributed by atoms with Gasteiger partial charge in [-0.25, -0.2) is 0 Å². The first-order valence-corrected chi connectivity index (χ1v) is 8.53. The number of nitrogens with zero attached hydrogens (tertiary/aromatic N) is 2. The van der Waals surface area contributed by atoms with Gasteiger partial charge in [-0.3, -0.25) is 9.69 Å². The lowest BCUT2D eigenvalue weighted by Crippen LogP contribution is -2.38. The third-order valence-electron chi connectivity index (χ3n) is 3.69. The van der Waals surface area contributed by atoms with E-state index in [4.69, 9.17) is 0 Å². The maximum Gasteiger partial charge on any atom is 0.245 e. The smallest absolute Gasteiger partial charge is 0.245 e. The lowest BCUT2D eigenvalue weighted by Gasteiger charge is -2.31. The van der Waals surface area contributed by atoms with E-state index in [9.17, 15) is 4.79 Å². The molecule has 4 nitrogen and oxygen atoms in total. The number of carbonyl (C=O) groups excluding carboxylic acids is 1. The molecule has 23 heavy (non-hydrogen) atoms. The van der Waals surface area contributed by atoms with Gasteiger partial charge in [0.1, 0.15) is 0 Å². The summed E-state index contributed by atoms with van der Waals surface area (Å²) < 4.78 is 0. The average molecular weight is 327 g/mol. The van der Waals surface area contributed by atoms with Crippen molar-refractivity contribution in [3.8, 4) is 0 Å². The fraction of sp³-hybridized carbons (Fsp3) is 0.278. The summed E-state index contributed by atoms with van der Waals surface area (Å²) in [6.07, 6.45) is 0. The van der Waals surface area contributed by atoms with Crippen LogP contribution in [0.25, 0.3) is 0 Å². The Hall–Kier alpha value is -1.82. The minimum atomic E-state index is 0.0731. The standard InChI is InChI=1S/C18H21N3OS/c1-20(2)12-11-19-13-18(22)21-14-7-3-5-9-16(14)23-17-10-6-4-8-15(17)21/h3-10,19H,11-13H2,1-2H3. The SMILES string of the molecule is CN(C)CCNCC(=O)N1c2ccccc2Sc2ccccc21. The molecule has 5 heteroatoms. The predicted molar refractivity (Wildman–Crippen MR) is 95.6 cm³/mol. The summed E-state index contributed by atoms with van der Waals surface area (Å²) >= 11 is 1.71. The molecule has 1 N–H and O–H groups in total. The van der Waals surface area contributed by atoms with Crippen LogP contribution in [0.15, 0.2) is 58.3 Å². The van der Waals surface area contributed by atoms with Crippen LogP contribution in [0.5, 0.6) is 0 Å². The van der Waals surface area contributed by atoms with Gasteiger partial charge in [0.2, 0.25) is 5.91 Å². The fourth-order valence-corrected chi connectivity index (χ4v) is 3.61. The molecule has 0 saturated carbocycles. The largest absolute Gasteiger partial charge is 0.308 e. The predicted octanol–water partition coefficient (Wildman–Crippen LogP) is 2.97. The first kappa shape index (κ1) is 16.1. The molecule has 0 aliphatic carbocycles. The number of amides is 1. The molecule has 1 aliphatic heterocycles. The zero-order valence-electron chi connectivity index (χ0n) is 13.5. The van der Waals surface area contributed by atoms with Gasteiger partial charge >= 0.3 is 0 Å². The van der Waals surface area contributed by atoms with E-state index >= 15 is 0 Å². The average Bonchev–Trinajstić information content (AvgIpc) is 2.56. The number of benzene rings is 2. The normalized spacial score (nSPS) is 12.9. The Morgan fingerprint density at radius 3 is 2.17 bits per heavy atom. The Morgan fingerprint density at radius 1 is 1.04 bits per heavy atom. The van der Waals surface area contributed by atoms with Crippen LogP contribution < -0.4 is 10.2 Å². The minimum absolute atomic E-state index is 0.0731. The molecular weight excluding hydrogens is 306 g/mol. The number of para-hydroxylation sites is 2. The summed E-state index contributed by atoms with van der Waals surface area (Å²) in [6, 6.07) is 16.1. The highest BCUT2D eigenvalue weighted by Gasteiger charge is 2.27. The van der Waals surface area contributed by atoms with E-state index in [1.807, 2.05) is 55.4 Å². The first-order valence-electron chi connectivity index (χ1n) is 7.71. The Morgan fingerprint density at radius 2 is 1.61 bits per heavy atom. The summed E-state index contributed by atoms with van der Waals surface area (Å²) in [5.41, 5.74) is 1.94. The fourth-order valence-electron chi connectivity index (χ4n) is 2.55. The first-order chi connectivity index (χ1) is 11.2. The quantitative estimate of drug-likeness (QED) is 0.857. The third-order valence-corrected chi connectivity index (χ3v) is 4.82. The number of fused-ring (bicyclic) bond motifs is 2. The molecule has 0 fully saturated rings. The van der Waals surface area contributed by atoms with Crippen molar-refractivity contribution in [2.75, 3.05) is 38.6 Å². The van der Waals surface area contributed by atoms with E-state index in [1.54, 1.807) is 11.8 Å². The van der Waals surface area contributed by atoms with Crippen molar-refractivity contribution in [1.29, 1.82) is 0 Å². The van der Waals surface area contributed by atoms with Gasteiger partial charge in [0, 0.05) is 22.9 Å². The zero-order valence-corrected chi connectivity index (χ0v) is 14.3. The molecule has 1 amide bonds. The van der Waals surface area contributed by atoms with Gasteiger partial charge in [0.15, 0.2) is 0 Å². The maximum absolute atomic E-state index is 12.8. The van der Waals surface area contributed by atoms with E-state index in [0.717, 1.165) is 34.3 Å². The minimum Gasteiger partial charge on any atom is -0.308 e. The maximum atomic E-state index is 12.8. The molecule has 0 unspecified atom stereocenters. The topological polar surface area (TPSA) is 35.6 Å². The van der Waals surface area contributed by atoms with Crippen LogP contribution in [0, 0.1) is 0 Å². The van der Waals surface area contributed by atoms with Gasteiger partial charge in [0.25, 0.3) is 0 Å². The number of likely N-dealkylation sites (N-methyl/N-ethyl adjacent to an activating group) is 1. The van der Waals surface area contributed by atoms with Gasteiger partial charge in [-0.05, 0) is 38.4 Å². The second-order valence-electron chi connectivity index (χ2n) is 5.75. The van der Waals surface area contributed by atoms with Crippen molar-refractivity contribution in [3.05, 3.63) is 48.5 Å². The molecule has 2 aromatic rings. The van der Waals surface area contributed by atoms with Crippen LogP contribution in [-0.4, -0.2) is 44.5 Å². The Labute approximate surface area is 141 Å². The van der Waals surface area contributed by atoms with Crippen LogP contribution in [0.2, 0.25) is 0 Å². The second-order valence-corrected chi connectivity index (χ2v) is 6.83. The highest BCUT2D eigenvalue weighted by atomic mass is 32.2. The molecule has 1 aliphatic rings. The molecule has 0 radical (unpaired) electrons. The van der Waals surface area contributed by atoms with E-state index in [1.165, 1.54) is 0 Å². The van der Waals surface area contributed by atoms with Gasteiger partial charge in [-0.1, -0.05) is 36.0 Å². The molecule has 0 atom stereocenters. The van der Waals surface area contributed by atoms with Crippen molar-refractivity contribution >= 4 is 29.0 Å². The van der Waals surface area contributed by atoms with Crippen LogP contribution in [0.3, 0.4) is 0 Å². The van der Waals surface area contributed by atoms with Crippen molar-refractivity contribution in [2.45, 2.75) is 9.79 Å². The lowest BCUT2D eigenvalue weighted by atomic mass is 10.2. The molecular formula is C18H21N3OS. The molecule has 120 valence electrons. The second kappa shape index (κ2) is 7.17. The van der Waals surface area contributed by atoms with Crippen LogP contribution in [-0.2, 0) is 4.79 Å². The molecule has 1 heterocycles. The molecule has 3 rings (SSSR count). The molecule has 0 spiro atoms. The summed E-state index contributed by atoms with van der Waals surface area (Å²) in [6.45, 7) is 2.04. The van der Waals surface area contributed by atoms with E-state index < -0.39 is 0 Å². The van der Waals surface area contributed by atoms with Crippen LogP contribution in [0.4, 0.5) is 11.4 Å². The summed E-state index contributed by atoms with van der Waals surface area (Å²) in [7, 11) is 4.05. The van der Waals surface area contributed by atoms with Gasteiger partial charge in [-0.2, -0.15) is 0 Å². The van der Waals surface area contributed by atoms with Gasteiger partial charge in [-0.15, -0.1) is 0 Å². The van der Waals surface area contributed by atoms with Crippen LogP contribution >= 0.6 is 11.8 Å². The molecule has 0 bridgehead atoms. The highest BCUT2D eigenvalue weighted by molar-refractivity contribution is 7.99.